The fourth-order valence-electron chi connectivity index (χ4n) is 4.58. The van der Waals surface area contributed by atoms with E-state index < -0.39 is 6.10 Å². The van der Waals surface area contributed by atoms with Gasteiger partial charge >= 0.3 is 0 Å². The lowest BCUT2D eigenvalue weighted by atomic mass is 9.95. The van der Waals surface area contributed by atoms with Crippen LogP contribution in [-0.2, 0) is 6.42 Å². The van der Waals surface area contributed by atoms with E-state index in [4.69, 9.17) is 4.98 Å². The fourth-order valence-corrected chi connectivity index (χ4v) is 4.58. The lowest BCUT2D eigenvalue weighted by Crippen LogP contribution is -2.09. The average Bonchev–Trinajstić information content (AvgIpc) is 3.53. The number of aliphatic hydroxyl groups is 1. The van der Waals surface area contributed by atoms with E-state index in [1.54, 1.807) is 0 Å². The standard InChI is InChI=1S/C27H28N6O/c1-4-5-8-21-16-33-24(17(2)15-18(3)27(33)28-21)25(34)20-13-11-19(12-14-20)22-9-6-7-10-23(22)26-29-31-32-30-26/h6-7,9-16,25,34H,4-5,8H2,1-3H3,(H,29,30,31,32). The minimum Gasteiger partial charge on any atom is -0.382 e. The number of aryl methyl sites for hydroxylation is 3. The lowest BCUT2D eigenvalue weighted by molar-refractivity contribution is 0.213. The SMILES string of the molecule is CCCCc1cn2c(C(O)c3ccc(-c4ccccc4-c4nn[nH]n4)cc3)c(C)cc(C)c2n1. The number of rotatable bonds is 7. The van der Waals surface area contributed by atoms with Crippen molar-refractivity contribution in [3.8, 4) is 22.5 Å². The Balaban J connectivity index is 1.51. The van der Waals surface area contributed by atoms with Crippen molar-refractivity contribution in [2.45, 2.75) is 46.1 Å². The van der Waals surface area contributed by atoms with Gasteiger partial charge in [0.1, 0.15) is 11.8 Å². The van der Waals surface area contributed by atoms with Crippen molar-refractivity contribution in [3.05, 3.63) is 88.9 Å². The highest BCUT2D eigenvalue weighted by molar-refractivity contribution is 5.80. The van der Waals surface area contributed by atoms with Crippen molar-refractivity contribution in [1.82, 2.24) is 30.0 Å². The van der Waals surface area contributed by atoms with Gasteiger partial charge in [0.25, 0.3) is 0 Å². The topological polar surface area (TPSA) is 92.0 Å². The van der Waals surface area contributed by atoms with E-state index in [2.05, 4.69) is 51.1 Å². The molecule has 0 saturated carbocycles. The molecule has 7 nitrogen and oxygen atoms in total. The van der Waals surface area contributed by atoms with Gasteiger partial charge < -0.3 is 9.51 Å². The monoisotopic (exact) mass is 452 g/mol. The van der Waals surface area contributed by atoms with Crippen LogP contribution in [0.3, 0.4) is 0 Å². The number of H-pyrrole nitrogens is 1. The Morgan fingerprint density at radius 1 is 1.00 bits per heavy atom. The summed E-state index contributed by atoms with van der Waals surface area (Å²) in [4.78, 5) is 4.85. The number of unbranched alkanes of at least 4 members (excludes halogenated alkanes) is 1. The van der Waals surface area contributed by atoms with Crippen LogP contribution < -0.4 is 0 Å². The summed E-state index contributed by atoms with van der Waals surface area (Å²) in [6, 6.07) is 18.1. The number of pyridine rings is 1. The number of nitrogens with zero attached hydrogens (tertiary/aromatic N) is 5. The number of nitrogens with one attached hydrogen (secondary N) is 1. The number of tetrazole rings is 1. The third kappa shape index (κ3) is 3.99. The molecule has 5 aromatic rings. The lowest BCUT2D eigenvalue weighted by Gasteiger charge is -2.18. The molecule has 7 heteroatoms. The van der Waals surface area contributed by atoms with Crippen LogP contribution in [0.1, 0.15) is 53.9 Å². The van der Waals surface area contributed by atoms with Gasteiger partial charge in [0.05, 0.1) is 11.4 Å². The molecule has 0 bridgehead atoms. The average molecular weight is 453 g/mol. The number of benzene rings is 2. The van der Waals surface area contributed by atoms with E-state index in [0.29, 0.717) is 5.82 Å². The molecule has 0 radical (unpaired) electrons. The number of aliphatic hydroxyl groups excluding tert-OH is 1. The second kappa shape index (κ2) is 9.19. The molecule has 0 aliphatic carbocycles. The molecule has 2 N–H and O–H groups in total. The van der Waals surface area contributed by atoms with Gasteiger partial charge in [-0.05, 0) is 59.7 Å². The molecule has 1 atom stereocenters. The van der Waals surface area contributed by atoms with Crippen molar-refractivity contribution in [1.29, 1.82) is 0 Å². The van der Waals surface area contributed by atoms with Gasteiger partial charge in [-0.1, -0.05) is 67.9 Å². The van der Waals surface area contributed by atoms with Gasteiger partial charge in [0.2, 0.25) is 5.82 Å². The van der Waals surface area contributed by atoms with Crippen LogP contribution in [-0.4, -0.2) is 35.1 Å². The smallest absolute Gasteiger partial charge is 0.205 e. The van der Waals surface area contributed by atoms with Crippen LogP contribution in [0.5, 0.6) is 0 Å². The first-order valence-corrected chi connectivity index (χ1v) is 11.7. The molecular weight excluding hydrogens is 424 g/mol. The highest BCUT2D eigenvalue weighted by atomic mass is 16.3. The van der Waals surface area contributed by atoms with Crippen molar-refractivity contribution in [2.24, 2.45) is 0 Å². The van der Waals surface area contributed by atoms with E-state index in [1.807, 2.05) is 55.5 Å². The van der Waals surface area contributed by atoms with Gasteiger partial charge in [-0.25, -0.2) is 4.98 Å². The maximum Gasteiger partial charge on any atom is 0.205 e. The van der Waals surface area contributed by atoms with Crippen LogP contribution in [0.25, 0.3) is 28.2 Å². The zero-order valence-corrected chi connectivity index (χ0v) is 19.7. The first-order chi connectivity index (χ1) is 16.6. The molecule has 5 rings (SSSR count). The Hall–Kier alpha value is -3.84. The van der Waals surface area contributed by atoms with E-state index >= 15 is 0 Å². The number of aromatic nitrogens is 6. The first-order valence-electron chi connectivity index (χ1n) is 11.7. The second-order valence-electron chi connectivity index (χ2n) is 8.73. The molecule has 0 spiro atoms. The molecule has 0 aliphatic heterocycles. The van der Waals surface area contributed by atoms with Crippen molar-refractivity contribution in [2.75, 3.05) is 0 Å². The molecule has 0 amide bonds. The minimum absolute atomic E-state index is 0.552. The summed E-state index contributed by atoms with van der Waals surface area (Å²) in [7, 11) is 0. The summed E-state index contributed by atoms with van der Waals surface area (Å²) in [5, 5.41) is 25.9. The largest absolute Gasteiger partial charge is 0.382 e. The maximum absolute atomic E-state index is 11.4. The Morgan fingerprint density at radius 2 is 1.76 bits per heavy atom. The van der Waals surface area contributed by atoms with Gasteiger partial charge in [-0.2, -0.15) is 5.21 Å². The number of imidazole rings is 1. The maximum atomic E-state index is 11.4. The quantitative estimate of drug-likeness (QED) is 0.353. The Labute approximate surface area is 198 Å². The molecule has 0 saturated heterocycles. The van der Waals surface area contributed by atoms with Crippen molar-refractivity contribution >= 4 is 5.65 Å². The molecule has 1 unspecified atom stereocenters. The summed E-state index contributed by atoms with van der Waals surface area (Å²) in [6.45, 7) is 6.31. The molecule has 172 valence electrons. The van der Waals surface area contributed by atoms with Crippen molar-refractivity contribution in [3.63, 3.8) is 0 Å². The second-order valence-corrected chi connectivity index (χ2v) is 8.73. The summed E-state index contributed by atoms with van der Waals surface area (Å²) < 4.78 is 2.07. The van der Waals surface area contributed by atoms with Gasteiger partial charge in [0.15, 0.2) is 0 Å². The van der Waals surface area contributed by atoms with Crippen LogP contribution in [0.15, 0.2) is 60.8 Å². The molecule has 2 aromatic carbocycles. The number of hydrogen-bond donors (Lipinski definition) is 2. The first kappa shape index (κ1) is 22.0. The van der Waals surface area contributed by atoms with Crippen LogP contribution >= 0.6 is 0 Å². The zero-order valence-electron chi connectivity index (χ0n) is 19.7. The Morgan fingerprint density at radius 3 is 2.47 bits per heavy atom. The summed E-state index contributed by atoms with van der Waals surface area (Å²) >= 11 is 0. The highest BCUT2D eigenvalue weighted by Crippen LogP contribution is 2.32. The molecule has 0 fully saturated rings. The molecule has 3 heterocycles. The number of hydrogen-bond acceptors (Lipinski definition) is 5. The van der Waals surface area contributed by atoms with Crippen LogP contribution in [0.2, 0.25) is 0 Å². The molecular formula is C27H28N6O. The van der Waals surface area contributed by atoms with Gasteiger partial charge in [0, 0.05) is 11.8 Å². The van der Waals surface area contributed by atoms with E-state index in [9.17, 15) is 5.11 Å². The summed E-state index contributed by atoms with van der Waals surface area (Å²) in [5.41, 5.74) is 8.76. The number of aromatic amines is 1. The predicted molar refractivity (Wildman–Crippen MR) is 132 cm³/mol. The molecule has 3 aromatic heterocycles. The van der Waals surface area contributed by atoms with E-state index in [1.165, 1.54) is 0 Å². The Bertz CT molecular complexity index is 1420. The van der Waals surface area contributed by atoms with Crippen LogP contribution in [0, 0.1) is 13.8 Å². The highest BCUT2D eigenvalue weighted by Gasteiger charge is 2.20. The van der Waals surface area contributed by atoms with E-state index in [-0.39, 0.29) is 0 Å². The molecule has 34 heavy (non-hydrogen) atoms. The van der Waals surface area contributed by atoms with Crippen molar-refractivity contribution < 1.29 is 5.11 Å². The third-order valence-electron chi connectivity index (χ3n) is 6.30. The fraction of sp³-hybridized carbons (Fsp3) is 0.259. The minimum atomic E-state index is -0.766. The normalized spacial score (nSPS) is 12.4. The zero-order chi connectivity index (χ0) is 23.7. The molecule has 0 aliphatic rings. The predicted octanol–water partition coefficient (Wildman–Crippen LogP) is 5.22. The van der Waals surface area contributed by atoms with Crippen LogP contribution in [0.4, 0.5) is 0 Å². The third-order valence-corrected chi connectivity index (χ3v) is 6.30. The van der Waals surface area contributed by atoms with Gasteiger partial charge in [-0.3, -0.25) is 0 Å². The van der Waals surface area contributed by atoms with E-state index in [0.717, 1.165) is 69.7 Å². The summed E-state index contributed by atoms with van der Waals surface area (Å²) in [5.74, 6) is 0.552. The Kier molecular flexibility index (Phi) is 5.94. The number of fused-ring (bicyclic) bond motifs is 1. The summed E-state index contributed by atoms with van der Waals surface area (Å²) in [6.07, 6.45) is 4.49. The van der Waals surface area contributed by atoms with Gasteiger partial charge in [-0.15, -0.1) is 10.2 Å².